The largest absolute Gasteiger partial charge is 0.446 e. The number of hydrogen-bond donors (Lipinski definition) is 2. The lowest BCUT2D eigenvalue weighted by Crippen LogP contribution is -2.33. The number of hydrogen-bond acceptors (Lipinski definition) is 7. The molecule has 1 amide bonds. The van der Waals surface area contributed by atoms with Crippen LogP contribution >= 0.6 is 0 Å². The highest BCUT2D eigenvalue weighted by atomic mass is 16.6. The van der Waals surface area contributed by atoms with E-state index < -0.39 is 0 Å². The fourth-order valence-electron chi connectivity index (χ4n) is 5.55. The Balaban J connectivity index is 1.17. The number of likely N-dealkylation sites (tertiary alicyclic amines) is 1. The molecule has 0 aromatic carbocycles. The van der Waals surface area contributed by atoms with Crippen molar-refractivity contribution in [3.63, 3.8) is 0 Å². The van der Waals surface area contributed by atoms with E-state index in [-0.39, 0.29) is 30.3 Å². The quantitative estimate of drug-likeness (QED) is 0.648. The van der Waals surface area contributed by atoms with Crippen LogP contribution in [0.1, 0.15) is 69.1 Å². The number of rotatable bonds is 7. The maximum absolute atomic E-state index is 12.4. The Labute approximate surface area is 183 Å². The number of carbonyl (C=O) groups is 1. The van der Waals surface area contributed by atoms with Crippen molar-refractivity contribution in [1.29, 1.82) is 0 Å². The number of nitrogens with zero attached hydrogens (tertiary/aromatic N) is 5. The van der Waals surface area contributed by atoms with Crippen LogP contribution in [0.5, 0.6) is 0 Å². The van der Waals surface area contributed by atoms with Crippen molar-refractivity contribution in [3.8, 4) is 0 Å². The highest BCUT2D eigenvalue weighted by Gasteiger charge is 2.41. The van der Waals surface area contributed by atoms with Gasteiger partial charge in [0, 0.05) is 12.5 Å². The molecule has 1 aromatic rings. The summed E-state index contributed by atoms with van der Waals surface area (Å²) in [5, 5.41) is 15.1. The van der Waals surface area contributed by atoms with E-state index in [0.717, 1.165) is 43.9 Å². The molecule has 9 nitrogen and oxygen atoms in total. The van der Waals surface area contributed by atoms with Crippen molar-refractivity contribution >= 4 is 12.3 Å². The molecule has 0 bridgehead atoms. The molecule has 1 saturated carbocycles. The summed E-state index contributed by atoms with van der Waals surface area (Å²) in [5.74, 6) is 2.46. The minimum atomic E-state index is -0.291. The van der Waals surface area contributed by atoms with Gasteiger partial charge >= 0.3 is 6.09 Å². The number of ether oxygens (including phenoxy) is 1. The zero-order valence-corrected chi connectivity index (χ0v) is 18.2. The molecule has 2 fully saturated rings. The highest BCUT2D eigenvalue weighted by molar-refractivity contribution is 5.76. The van der Waals surface area contributed by atoms with Crippen molar-refractivity contribution in [2.24, 2.45) is 10.9 Å². The number of aliphatic imine (C=N–C) groups is 1. The zero-order chi connectivity index (χ0) is 21.2. The average molecular weight is 428 g/mol. The van der Waals surface area contributed by atoms with Crippen LogP contribution in [-0.4, -0.2) is 70.4 Å². The summed E-state index contributed by atoms with van der Waals surface area (Å²) in [7, 11) is 0. The standard InChI is InChI=1S/C22H33N7O2/c1-2-15-12-16(31-22(30)24-7-5-11-28-9-3-4-10-28)13-17(15)21-27-26-19-14-25-20-18(29(19)21)6-8-23-20/h6,8,14-18,20,23H,2-5,7,9-13H2,1H3,(H,24,30)/t15-,16+,17+,18?,20?/m1/s1. The van der Waals surface area contributed by atoms with Crippen molar-refractivity contribution in [2.75, 3.05) is 26.2 Å². The van der Waals surface area contributed by atoms with Crippen LogP contribution in [0.2, 0.25) is 0 Å². The van der Waals surface area contributed by atoms with E-state index in [2.05, 4.69) is 48.3 Å². The molecule has 168 valence electrons. The van der Waals surface area contributed by atoms with E-state index in [0.29, 0.717) is 12.5 Å². The minimum Gasteiger partial charge on any atom is -0.446 e. The van der Waals surface area contributed by atoms with Crippen LogP contribution in [0.15, 0.2) is 17.3 Å². The first-order valence-corrected chi connectivity index (χ1v) is 11.8. The van der Waals surface area contributed by atoms with Gasteiger partial charge in [-0.25, -0.2) is 4.79 Å². The summed E-state index contributed by atoms with van der Waals surface area (Å²) < 4.78 is 8.01. The smallest absolute Gasteiger partial charge is 0.407 e. The molecule has 0 spiro atoms. The van der Waals surface area contributed by atoms with Crippen LogP contribution in [0, 0.1) is 5.92 Å². The fraction of sp³-hybridized carbons (Fsp3) is 0.727. The first kappa shape index (κ1) is 20.5. The Morgan fingerprint density at radius 2 is 2.16 bits per heavy atom. The van der Waals surface area contributed by atoms with Crippen molar-refractivity contribution < 1.29 is 9.53 Å². The molecule has 1 aliphatic carbocycles. The van der Waals surface area contributed by atoms with E-state index in [1.807, 2.05) is 6.20 Å². The average Bonchev–Trinajstić information content (AvgIpc) is 3.56. The Morgan fingerprint density at radius 3 is 3.00 bits per heavy atom. The highest BCUT2D eigenvalue weighted by Crippen LogP contribution is 2.43. The monoisotopic (exact) mass is 427 g/mol. The lowest BCUT2D eigenvalue weighted by Gasteiger charge is -2.26. The molecule has 9 heteroatoms. The van der Waals surface area contributed by atoms with Crippen LogP contribution in [0.3, 0.4) is 0 Å². The second-order valence-electron chi connectivity index (χ2n) is 9.13. The number of alkyl carbamates (subject to hydrolysis) is 1. The van der Waals surface area contributed by atoms with Gasteiger partial charge in [0.15, 0.2) is 5.82 Å². The third-order valence-electron chi connectivity index (χ3n) is 7.18. The fourth-order valence-corrected chi connectivity index (χ4v) is 5.55. The van der Waals surface area contributed by atoms with Crippen molar-refractivity contribution in [3.05, 3.63) is 23.9 Å². The Kier molecular flexibility index (Phi) is 5.93. The van der Waals surface area contributed by atoms with E-state index in [1.165, 1.54) is 25.9 Å². The maximum atomic E-state index is 12.4. The van der Waals surface area contributed by atoms with Gasteiger partial charge in [-0.3, -0.25) is 9.56 Å². The molecular formula is C22H33N7O2. The van der Waals surface area contributed by atoms with Gasteiger partial charge in [-0.1, -0.05) is 13.3 Å². The summed E-state index contributed by atoms with van der Waals surface area (Å²) in [6.45, 7) is 6.31. The first-order valence-electron chi connectivity index (χ1n) is 11.8. The van der Waals surface area contributed by atoms with Gasteiger partial charge in [0.05, 0.1) is 12.3 Å². The molecule has 31 heavy (non-hydrogen) atoms. The van der Waals surface area contributed by atoms with E-state index in [9.17, 15) is 4.79 Å². The Bertz CT molecular complexity index is 845. The van der Waals surface area contributed by atoms with Crippen LogP contribution in [0.4, 0.5) is 4.79 Å². The number of amides is 1. The van der Waals surface area contributed by atoms with E-state index >= 15 is 0 Å². The summed E-state index contributed by atoms with van der Waals surface area (Å²) in [6, 6.07) is 0.112. The molecule has 0 radical (unpaired) electrons. The van der Waals surface area contributed by atoms with Gasteiger partial charge in [-0.05, 0) is 69.9 Å². The molecule has 1 aromatic heterocycles. The lowest BCUT2D eigenvalue weighted by atomic mass is 9.92. The third kappa shape index (κ3) is 4.20. The van der Waals surface area contributed by atoms with E-state index in [1.54, 1.807) is 6.21 Å². The van der Waals surface area contributed by atoms with E-state index in [4.69, 9.17) is 4.74 Å². The molecule has 4 heterocycles. The van der Waals surface area contributed by atoms with Crippen LogP contribution in [0.25, 0.3) is 0 Å². The predicted molar refractivity (Wildman–Crippen MR) is 117 cm³/mol. The third-order valence-corrected chi connectivity index (χ3v) is 7.18. The summed E-state index contributed by atoms with van der Waals surface area (Å²) >= 11 is 0. The van der Waals surface area contributed by atoms with Gasteiger partial charge in [0.1, 0.15) is 18.1 Å². The second-order valence-corrected chi connectivity index (χ2v) is 9.13. The summed E-state index contributed by atoms with van der Waals surface area (Å²) in [6.07, 6.45) is 11.8. The maximum Gasteiger partial charge on any atom is 0.407 e. The molecule has 1 saturated heterocycles. The molecule has 4 aliphatic rings. The van der Waals surface area contributed by atoms with Gasteiger partial charge in [-0.15, -0.1) is 10.2 Å². The molecule has 5 atom stereocenters. The Hall–Kier alpha value is -2.42. The minimum absolute atomic E-state index is 0.0158. The zero-order valence-electron chi connectivity index (χ0n) is 18.2. The normalized spacial score (nSPS) is 31.5. The van der Waals surface area contributed by atoms with Crippen LogP contribution in [-0.2, 0) is 4.74 Å². The van der Waals surface area contributed by atoms with Gasteiger partial charge in [0.2, 0.25) is 0 Å². The molecular weight excluding hydrogens is 394 g/mol. The topological polar surface area (TPSA) is 96.7 Å². The second kappa shape index (κ2) is 8.98. The first-order chi connectivity index (χ1) is 15.2. The Morgan fingerprint density at radius 1 is 1.29 bits per heavy atom. The predicted octanol–water partition coefficient (Wildman–Crippen LogP) is 2.18. The molecule has 2 unspecified atom stereocenters. The molecule has 5 rings (SSSR count). The number of nitrogens with one attached hydrogen (secondary N) is 2. The number of carbonyl (C=O) groups excluding carboxylic acids is 1. The van der Waals surface area contributed by atoms with Crippen molar-refractivity contribution in [2.45, 2.75) is 69.7 Å². The van der Waals surface area contributed by atoms with Crippen LogP contribution < -0.4 is 10.6 Å². The SMILES string of the molecule is CC[C@@H]1C[C@H](OC(=O)NCCCN2CCCC2)C[C@@H]1c1nnc2n1C1C=CNC1N=C2. The molecule has 3 aliphatic heterocycles. The lowest BCUT2D eigenvalue weighted by molar-refractivity contribution is 0.0978. The molecule has 2 N–H and O–H groups in total. The van der Waals surface area contributed by atoms with Crippen molar-refractivity contribution in [1.82, 2.24) is 30.3 Å². The number of aromatic nitrogens is 3. The van der Waals surface area contributed by atoms with Gasteiger partial charge in [-0.2, -0.15) is 0 Å². The van der Waals surface area contributed by atoms with Gasteiger partial charge in [0.25, 0.3) is 0 Å². The van der Waals surface area contributed by atoms with Gasteiger partial charge < -0.3 is 20.3 Å². The number of fused-ring (bicyclic) bond motifs is 3. The summed E-state index contributed by atoms with van der Waals surface area (Å²) in [5.41, 5.74) is 0. The summed E-state index contributed by atoms with van der Waals surface area (Å²) in [4.78, 5) is 19.3.